The summed E-state index contributed by atoms with van der Waals surface area (Å²) in [4.78, 5) is 76.4. The summed E-state index contributed by atoms with van der Waals surface area (Å²) in [6.07, 6.45) is 11.7. The number of hydrogen-bond acceptors (Lipinski definition) is 9. The molecule has 4 aliphatic heterocycles. The molecule has 378 valence electrons. The molecule has 0 radical (unpaired) electrons. The van der Waals surface area contributed by atoms with Gasteiger partial charge in [0, 0.05) is 105 Å². The first-order valence-corrected chi connectivity index (χ1v) is 26.0. The van der Waals surface area contributed by atoms with E-state index >= 15 is 8.78 Å². The standard InChI is InChI=1S/C55H64F2N10O5/c1-33-24-36(25-35-4-7-46-48(26-35)66(40-5-6-40)55(72)67(46)47-8-9-49(68)60-53(47)70)13-22-64(33)31-34-11-20-63(21-12-34)54(71)38-27-43(56)51(44(57)28-38)37-14-18-62(19-15-37)32-41-30-42-45(10-17-59-52(42)61(41)3)65-23-16-39(58-2)29-50(65)69/h4,7,10,16-17,23,26-30,33-34,36-37,40,47,58H,5-6,8-9,11-15,18-22,24-25,31-32H2,1-3H3,(H,60,68,70)/t33-,36?,47?/m0/s1. The Morgan fingerprint density at radius 3 is 2.26 bits per heavy atom. The van der Waals surface area contributed by atoms with E-state index in [1.165, 1.54) is 17.7 Å². The molecule has 1 saturated carbocycles. The van der Waals surface area contributed by atoms with E-state index in [4.69, 9.17) is 0 Å². The zero-order valence-electron chi connectivity index (χ0n) is 41.4. The molecule has 17 heteroatoms. The van der Waals surface area contributed by atoms with E-state index in [1.807, 2.05) is 34.4 Å². The maximum absolute atomic E-state index is 15.9. The molecule has 4 saturated heterocycles. The van der Waals surface area contributed by atoms with Crippen molar-refractivity contribution in [2.75, 3.05) is 51.6 Å². The second-order valence-corrected chi connectivity index (χ2v) is 21.3. The number of piperidine rings is 4. The number of imidazole rings is 1. The van der Waals surface area contributed by atoms with Gasteiger partial charge in [-0.05, 0) is 157 Å². The van der Waals surface area contributed by atoms with Crippen LogP contribution in [0.3, 0.4) is 0 Å². The normalized spacial score (nSPS) is 22.0. The van der Waals surface area contributed by atoms with Crippen LogP contribution in [0.25, 0.3) is 27.8 Å². The van der Waals surface area contributed by atoms with E-state index in [-0.39, 0.29) is 52.6 Å². The second kappa shape index (κ2) is 19.5. The fourth-order valence-electron chi connectivity index (χ4n) is 12.4. The third kappa shape index (κ3) is 9.18. The number of nitrogens with one attached hydrogen (secondary N) is 2. The van der Waals surface area contributed by atoms with Gasteiger partial charge in [0.15, 0.2) is 0 Å². The van der Waals surface area contributed by atoms with Crippen LogP contribution in [0.4, 0.5) is 14.5 Å². The molecule has 5 fully saturated rings. The number of anilines is 1. The van der Waals surface area contributed by atoms with Crippen molar-refractivity contribution in [3.8, 4) is 5.69 Å². The monoisotopic (exact) mass is 983 g/mol. The highest BCUT2D eigenvalue weighted by atomic mass is 19.1. The molecule has 0 bridgehead atoms. The van der Waals surface area contributed by atoms with Crippen LogP contribution in [-0.4, -0.2) is 108 Å². The molecular weight excluding hydrogens is 919 g/mol. The molecule has 8 heterocycles. The number of aromatic nitrogens is 5. The van der Waals surface area contributed by atoms with Gasteiger partial charge < -0.3 is 19.7 Å². The number of amides is 3. The van der Waals surface area contributed by atoms with E-state index in [1.54, 1.807) is 39.5 Å². The molecule has 4 aromatic heterocycles. The Morgan fingerprint density at radius 1 is 0.819 bits per heavy atom. The number of benzene rings is 2. The topological polar surface area (TPSA) is 152 Å². The van der Waals surface area contributed by atoms with Gasteiger partial charge in [-0.15, -0.1) is 0 Å². The zero-order chi connectivity index (χ0) is 49.9. The Kier molecular flexibility index (Phi) is 13.0. The first kappa shape index (κ1) is 47.8. The summed E-state index contributed by atoms with van der Waals surface area (Å²) < 4.78 is 38.9. The molecule has 11 rings (SSSR count). The van der Waals surface area contributed by atoms with Gasteiger partial charge in [0.05, 0.1) is 16.7 Å². The predicted molar refractivity (Wildman–Crippen MR) is 271 cm³/mol. The molecule has 3 atom stereocenters. The van der Waals surface area contributed by atoms with Crippen LogP contribution < -0.4 is 21.9 Å². The van der Waals surface area contributed by atoms with Gasteiger partial charge in [0.1, 0.15) is 23.3 Å². The SMILES string of the molecule is CNc1ccn(-c2ccnc3c2cc(CN2CCC(c4c(F)cc(C(=O)N5CCC(CN6CCC(Cc7ccc8c(c7)n(C7CC7)c(=O)n8C7CCC(=O)NC7=O)C[C@@H]6C)CC5)cc4F)CC2)n3C)c(=O)c1. The van der Waals surface area contributed by atoms with Crippen molar-refractivity contribution in [3.05, 3.63) is 122 Å². The van der Waals surface area contributed by atoms with Crippen molar-refractivity contribution in [3.63, 3.8) is 0 Å². The summed E-state index contributed by atoms with van der Waals surface area (Å²) in [5, 5.41) is 6.28. The highest BCUT2D eigenvalue weighted by Crippen LogP contribution is 2.39. The average molecular weight is 983 g/mol. The number of rotatable bonds is 12. The molecule has 1 aliphatic carbocycles. The number of likely N-dealkylation sites (tertiary alicyclic amines) is 3. The van der Waals surface area contributed by atoms with E-state index in [0.717, 1.165) is 97.2 Å². The van der Waals surface area contributed by atoms with E-state index in [9.17, 15) is 24.0 Å². The van der Waals surface area contributed by atoms with Gasteiger partial charge in [0.25, 0.3) is 11.5 Å². The van der Waals surface area contributed by atoms with Gasteiger partial charge in [-0.1, -0.05) is 6.07 Å². The van der Waals surface area contributed by atoms with Crippen molar-refractivity contribution in [1.82, 2.24) is 43.3 Å². The summed E-state index contributed by atoms with van der Waals surface area (Å²) >= 11 is 0. The minimum atomic E-state index is -0.691. The molecular formula is C55H64F2N10O5. The molecule has 2 aromatic carbocycles. The van der Waals surface area contributed by atoms with Crippen LogP contribution in [0.15, 0.2) is 76.6 Å². The minimum Gasteiger partial charge on any atom is -0.388 e. The van der Waals surface area contributed by atoms with Crippen LogP contribution in [0, 0.1) is 23.5 Å². The van der Waals surface area contributed by atoms with Gasteiger partial charge in [-0.3, -0.25) is 43.1 Å². The molecule has 3 amide bonds. The highest BCUT2D eigenvalue weighted by molar-refractivity contribution is 6.00. The fraction of sp³-hybridized carbons (Fsp3) is 0.491. The lowest BCUT2D eigenvalue weighted by atomic mass is 9.85. The van der Waals surface area contributed by atoms with Crippen LogP contribution in [0.1, 0.15) is 116 Å². The quantitative estimate of drug-likeness (QED) is 0.123. The molecule has 5 aliphatic rings. The van der Waals surface area contributed by atoms with E-state index in [0.29, 0.717) is 69.9 Å². The predicted octanol–water partition coefficient (Wildman–Crippen LogP) is 7.05. The van der Waals surface area contributed by atoms with Crippen molar-refractivity contribution in [1.29, 1.82) is 0 Å². The highest BCUT2D eigenvalue weighted by Gasteiger charge is 2.36. The van der Waals surface area contributed by atoms with Gasteiger partial charge in [0.2, 0.25) is 11.8 Å². The molecule has 6 aromatic rings. The lowest BCUT2D eigenvalue weighted by Crippen LogP contribution is -2.46. The molecule has 15 nitrogen and oxygen atoms in total. The summed E-state index contributed by atoms with van der Waals surface area (Å²) in [5.74, 6) is -1.73. The fourth-order valence-corrected chi connectivity index (χ4v) is 12.4. The summed E-state index contributed by atoms with van der Waals surface area (Å²) in [5.41, 5.74) is 5.90. The Hall–Kier alpha value is -6.46. The Labute approximate surface area is 416 Å². The number of fused-ring (bicyclic) bond motifs is 2. The number of nitrogens with zero attached hydrogens (tertiary/aromatic N) is 8. The second-order valence-electron chi connectivity index (χ2n) is 21.3. The maximum atomic E-state index is 15.9. The third-order valence-electron chi connectivity index (χ3n) is 16.6. The Bertz CT molecular complexity index is 3190. The van der Waals surface area contributed by atoms with Crippen molar-refractivity contribution >= 4 is 45.5 Å². The van der Waals surface area contributed by atoms with Crippen molar-refractivity contribution in [2.24, 2.45) is 18.9 Å². The number of imide groups is 1. The number of hydrogen-bond donors (Lipinski definition) is 2. The molecule has 0 spiro atoms. The largest absolute Gasteiger partial charge is 0.388 e. The summed E-state index contributed by atoms with van der Waals surface area (Å²) in [6.45, 7) is 7.26. The summed E-state index contributed by atoms with van der Waals surface area (Å²) in [7, 11) is 3.74. The Balaban J connectivity index is 0.660. The number of carbonyl (C=O) groups is 3. The number of aryl methyl sites for hydroxylation is 1. The van der Waals surface area contributed by atoms with Crippen LogP contribution in [-0.2, 0) is 29.6 Å². The van der Waals surface area contributed by atoms with Gasteiger partial charge in [-0.25, -0.2) is 18.6 Å². The van der Waals surface area contributed by atoms with E-state index in [2.05, 4.69) is 50.5 Å². The average Bonchev–Trinajstić information content (AvgIpc) is 4.10. The van der Waals surface area contributed by atoms with Crippen LogP contribution >= 0.6 is 0 Å². The lowest BCUT2D eigenvalue weighted by molar-refractivity contribution is -0.135. The Morgan fingerprint density at radius 2 is 1.57 bits per heavy atom. The number of halogens is 2. The first-order valence-electron chi connectivity index (χ1n) is 26.0. The minimum absolute atomic E-state index is 0.0613. The summed E-state index contributed by atoms with van der Waals surface area (Å²) in [6, 6.07) is 15.9. The molecule has 2 N–H and O–H groups in total. The van der Waals surface area contributed by atoms with Gasteiger partial charge >= 0.3 is 5.69 Å². The first-order chi connectivity index (χ1) is 34.8. The smallest absolute Gasteiger partial charge is 0.330 e. The van der Waals surface area contributed by atoms with E-state index < -0.39 is 23.6 Å². The van der Waals surface area contributed by atoms with Gasteiger partial charge in [-0.2, -0.15) is 0 Å². The maximum Gasteiger partial charge on any atom is 0.330 e. The molecule has 72 heavy (non-hydrogen) atoms. The zero-order valence-corrected chi connectivity index (χ0v) is 41.4. The van der Waals surface area contributed by atoms with Crippen LogP contribution in [0.2, 0.25) is 0 Å². The number of carbonyl (C=O) groups excluding carboxylic acids is 3. The third-order valence-corrected chi connectivity index (χ3v) is 16.6. The number of pyridine rings is 2. The van der Waals surface area contributed by atoms with Crippen molar-refractivity contribution in [2.45, 2.75) is 108 Å². The lowest BCUT2D eigenvalue weighted by Gasteiger charge is -2.41. The van der Waals surface area contributed by atoms with Crippen LogP contribution in [0.5, 0.6) is 0 Å². The van der Waals surface area contributed by atoms with Crippen molar-refractivity contribution < 1.29 is 23.2 Å². The molecule has 2 unspecified atom stereocenters.